The van der Waals surface area contributed by atoms with Crippen LogP contribution in [0.4, 0.5) is 5.95 Å². The topological polar surface area (TPSA) is 87.5 Å². The fraction of sp³-hybridized carbons (Fsp3) is 0.292. The minimum absolute atomic E-state index is 0.181. The predicted octanol–water partition coefficient (Wildman–Crippen LogP) is 4.11. The number of aromatic nitrogens is 3. The third-order valence-corrected chi connectivity index (χ3v) is 5.19. The van der Waals surface area contributed by atoms with Crippen molar-refractivity contribution < 1.29 is 19.0 Å². The van der Waals surface area contributed by atoms with Crippen molar-refractivity contribution >= 4 is 11.9 Å². The molecule has 0 bridgehead atoms. The number of anilines is 1. The molecular formula is C24H26N4O4. The van der Waals surface area contributed by atoms with E-state index in [-0.39, 0.29) is 6.61 Å². The molecule has 8 heteroatoms. The minimum atomic E-state index is -0.522. The van der Waals surface area contributed by atoms with Crippen molar-refractivity contribution in [3.63, 3.8) is 0 Å². The Morgan fingerprint density at radius 2 is 1.97 bits per heavy atom. The van der Waals surface area contributed by atoms with Gasteiger partial charge in [0.25, 0.3) is 0 Å². The molecule has 2 heterocycles. The predicted molar refractivity (Wildman–Crippen MR) is 120 cm³/mol. The van der Waals surface area contributed by atoms with E-state index in [1.807, 2.05) is 62.4 Å². The summed E-state index contributed by atoms with van der Waals surface area (Å²) in [7, 11) is 1.59. The van der Waals surface area contributed by atoms with Gasteiger partial charge in [0.05, 0.1) is 19.3 Å². The van der Waals surface area contributed by atoms with Crippen molar-refractivity contribution in [2.45, 2.75) is 32.9 Å². The number of carbonyl (C=O) groups excluding carboxylic acids is 1. The van der Waals surface area contributed by atoms with Gasteiger partial charge >= 0.3 is 5.97 Å². The highest BCUT2D eigenvalue weighted by Crippen LogP contribution is 2.39. The Kier molecular flexibility index (Phi) is 6.39. The van der Waals surface area contributed by atoms with E-state index in [1.54, 1.807) is 11.8 Å². The van der Waals surface area contributed by atoms with Crippen LogP contribution in [-0.4, -0.2) is 34.5 Å². The summed E-state index contributed by atoms with van der Waals surface area (Å²) in [6.07, 6.45) is 2.34. The van der Waals surface area contributed by atoms with E-state index in [9.17, 15) is 4.79 Å². The van der Waals surface area contributed by atoms with Crippen LogP contribution in [-0.2, 0) is 16.1 Å². The SMILES string of the molecule is CCCOc1ccc(C2C(C(=O)OCc3ccccc3)=C(C)Nc3ncnn32)cc1OC. The summed E-state index contributed by atoms with van der Waals surface area (Å²) in [6.45, 7) is 4.65. The first-order chi connectivity index (χ1) is 15.6. The summed E-state index contributed by atoms with van der Waals surface area (Å²) in [5, 5.41) is 7.51. The van der Waals surface area contributed by atoms with Crippen LogP contribution < -0.4 is 14.8 Å². The van der Waals surface area contributed by atoms with Crippen LogP contribution >= 0.6 is 0 Å². The zero-order valence-electron chi connectivity index (χ0n) is 18.4. The van der Waals surface area contributed by atoms with Gasteiger partial charge in [0, 0.05) is 5.70 Å². The van der Waals surface area contributed by atoms with E-state index in [1.165, 1.54) is 6.33 Å². The molecule has 4 rings (SSSR count). The second-order valence-electron chi connectivity index (χ2n) is 7.41. The van der Waals surface area contributed by atoms with Crippen molar-refractivity contribution in [3.05, 3.63) is 77.3 Å². The Balaban J connectivity index is 1.68. The molecule has 1 unspecified atom stereocenters. The number of fused-ring (bicyclic) bond motifs is 1. The molecule has 32 heavy (non-hydrogen) atoms. The third-order valence-electron chi connectivity index (χ3n) is 5.19. The number of nitrogens with zero attached hydrogens (tertiary/aromatic N) is 3. The molecule has 8 nitrogen and oxygen atoms in total. The van der Waals surface area contributed by atoms with Crippen LogP contribution in [0.15, 0.2) is 66.1 Å². The highest BCUT2D eigenvalue weighted by Gasteiger charge is 2.35. The van der Waals surface area contributed by atoms with Crippen LogP contribution in [0.3, 0.4) is 0 Å². The molecule has 0 radical (unpaired) electrons. The van der Waals surface area contributed by atoms with Gasteiger partial charge in [-0.15, -0.1) is 0 Å². The van der Waals surface area contributed by atoms with E-state index >= 15 is 0 Å². The molecule has 0 amide bonds. The number of esters is 1. The second kappa shape index (κ2) is 9.55. The molecule has 0 aliphatic carbocycles. The monoisotopic (exact) mass is 434 g/mol. The number of allylic oxidation sites excluding steroid dienone is 1. The lowest BCUT2D eigenvalue weighted by Crippen LogP contribution is -2.29. The van der Waals surface area contributed by atoms with Gasteiger partial charge in [0.2, 0.25) is 5.95 Å². The average molecular weight is 434 g/mol. The molecule has 1 aromatic heterocycles. The Hall–Kier alpha value is -3.81. The Morgan fingerprint density at radius 3 is 2.72 bits per heavy atom. The van der Waals surface area contributed by atoms with Crippen LogP contribution in [0.5, 0.6) is 11.5 Å². The molecule has 2 aromatic carbocycles. The van der Waals surface area contributed by atoms with Gasteiger partial charge in [0.1, 0.15) is 19.0 Å². The Morgan fingerprint density at radius 1 is 1.16 bits per heavy atom. The fourth-order valence-corrected chi connectivity index (χ4v) is 3.65. The number of hydrogen-bond donors (Lipinski definition) is 1. The fourth-order valence-electron chi connectivity index (χ4n) is 3.65. The molecule has 1 aliphatic rings. The summed E-state index contributed by atoms with van der Waals surface area (Å²) in [5.74, 6) is 1.37. The van der Waals surface area contributed by atoms with Crippen LogP contribution in [0, 0.1) is 0 Å². The highest BCUT2D eigenvalue weighted by molar-refractivity contribution is 5.92. The summed E-state index contributed by atoms with van der Waals surface area (Å²) in [5.41, 5.74) is 2.85. The van der Waals surface area contributed by atoms with Gasteiger partial charge in [-0.25, -0.2) is 9.48 Å². The molecule has 0 saturated heterocycles. The van der Waals surface area contributed by atoms with Crippen LogP contribution in [0.25, 0.3) is 0 Å². The van der Waals surface area contributed by atoms with E-state index in [0.29, 0.717) is 35.3 Å². The molecule has 0 saturated carbocycles. The second-order valence-corrected chi connectivity index (χ2v) is 7.41. The summed E-state index contributed by atoms with van der Waals surface area (Å²) >= 11 is 0. The van der Waals surface area contributed by atoms with E-state index in [2.05, 4.69) is 15.4 Å². The van der Waals surface area contributed by atoms with Gasteiger partial charge in [-0.2, -0.15) is 10.1 Å². The maximum Gasteiger partial charge on any atom is 0.338 e. The number of rotatable bonds is 8. The van der Waals surface area contributed by atoms with Gasteiger partial charge < -0.3 is 19.5 Å². The number of nitrogens with one attached hydrogen (secondary N) is 1. The van der Waals surface area contributed by atoms with Crippen LogP contribution in [0.1, 0.15) is 37.4 Å². The van der Waals surface area contributed by atoms with Gasteiger partial charge in [-0.05, 0) is 36.6 Å². The lowest BCUT2D eigenvalue weighted by molar-refractivity contribution is -0.140. The maximum atomic E-state index is 13.2. The molecule has 1 N–H and O–H groups in total. The van der Waals surface area contributed by atoms with E-state index < -0.39 is 12.0 Å². The Labute approximate surface area is 186 Å². The number of methoxy groups -OCH3 is 1. The smallest absolute Gasteiger partial charge is 0.338 e. The largest absolute Gasteiger partial charge is 0.493 e. The summed E-state index contributed by atoms with van der Waals surface area (Å²) in [4.78, 5) is 17.5. The molecule has 0 spiro atoms. The van der Waals surface area contributed by atoms with Crippen molar-refractivity contribution in [1.29, 1.82) is 0 Å². The molecule has 166 valence electrons. The first-order valence-corrected chi connectivity index (χ1v) is 10.5. The standard InChI is InChI=1S/C24H26N4O4/c1-4-12-31-19-11-10-18(13-20(19)30-3)22-21(16(2)27-24-25-15-26-28(22)24)23(29)32-14-17-8-6-5-7-9-17/h5-11,13,15,22H,4,12,14H2,1-3H3,(H,25,26,27). The molecule has 0 fully saturated rings. The molecule has 1 aliphatic heterocycles. The third kappa shape index (κ3) is 4.30. The van der Waals surface area contributed by atoms with E-state index in [4.69, 9.17) is 14.2 Å². The maximum absolute atomic E-state index is 13.2. The van der Waals surface area contributed by atoms with Crippen molar-refractivity contribution in [3.8, 4) is 11.5 Å². The van der Waals surface area contributed by atoms with Gasteiger partial charge in [-0.3, -0.25) is 0 Å². The quantitative estimate of drug-likeness (QED) is 0.534. The van der Waals surface area contributed by atoms with E-state index in [0.717, 1.165) is 17.5 Å². The zero-order valence-corrected chi connectivity index (χ0v) is 18.4. The lowest BCUT2D eigenvalue weighted by atomic mass is 9.95. The minimum Gasteiger partial charge on any atom is -0.493 e. The Bertz CT molecular complexity index is 1120. The zero-order chi connectivity index (χ0) is 22.5. The number of benzene rings is 2. The number of carbonyl (C=O) groups is 1. The average Bonchev–Trinajstić information content (AvgIpc) is 3.29. The number of hydrogen-bond acceptors (Lipinski definition) is 7. The number of ether oxygens (including phenoxy) is 3. The molecular weight excluding hydrogens is 408 g/mol. The molecule has 1 atom stereocenters. The van der Waals surface area contributed by atoms with Gasteiger partial charge in [0.15, 0.2) is 11.5 Å². The highest BCUT2D eigenvalue weighted by atomic mass is 16.5. The molecule has 3 aromatic rings. The first kappa shape index (κ1) is 21.4. The van der Waals surface area contributed by atoms with Gasteiger partial charge in [-0.1, -0.05) is 43.3 Å². The lowest BCUT2D eigenvalue weighted by Gasteiger charge is -2.28. The summed E-state index contributed by atoms with van der Waals surface area (Å²) in [6, 6.07) is 14.7. The van der Waals surface area contributed by atoms with Crippen molar-refractivity contribution in [2.24, 2.45) is 0 Å². The summed E-state index contributed by atoms with van der Waals surface area (Å²) < 4.78 is 18.7. The van der Waals surface area contributed by atoms with Crippen molar-refractivity contribution in [1.82, 2.24) is 14.8 Å². The van der Waals surface area contributed by atoms with Crippen molar-refractivity contribution in [2.75, 3.05) is 19.0 Å². The van der Waals surface area contributed by atoms with Crippen LogP contribution in [0.2, 0.25) is 0 Å². The normalized spacial score (nSPS) is 15.0. The first-order valence-electron chi connectivity index (χ1n) is 10.5.